The van der Waals surface area contributed by atoms with Gasteiger partial charge in [0.25, 0.3) is 0 Å². The Morgan fingerprint density at radius 1 is 1.29 bits per heavy atom. The van der Waals surface area contributed by atoms with E-state index >= 15 is 0 Å². The predicted octanol–water partition coefficient (Wildman–Crippen LogP) is 5.11. The van der Waals surface area contributed by atoms with Gasteiger partial charge in [0.1, 0.15) is 5.82 Å². The van der Waals surface area contributed by atoms with Gasteiger partial charge in [-0.2, -0.15) is 0 Å². The molecule has 3 nitrogen and oxygen atoms in total. The van der Waals surface area contributed by atoms with Gasteiger partial charge in [-0.3, -0.25) is 0 Å². The van der Waals surface area contributed by atoms with Gasteiger partial charge in [-0.1, -0.05) is 40.5 Å². The lowest BCUT2D eigenvalue weighted by Gasteiger charge is -2.10. The minimum absolute atomic E-state index is 0.710. The van der Waals surface area contributed by atoms with E-state index in [0.717, 1.165) is 39.9 Å². The number of hydrogen-bond donors (Lipinski definition) is 1. The number of hydrogen-bond acceptors (Lipinski definition) is 2. The Bertz CT molecular complexity index is 811. The molecule has 3 rings (SSSR count). The van der Waals surface area contributed by atoms with Crippen molar-refractivity contribution < 1.29 is 0 Å². The number of nitrogens with zero attached hydrogens (tertiary/aromatic N) is 2. The maximum atomic E-state index is 6.37. The standard InChI is InChI=1S/C16H15BrClN3/c1-2-8-21-15-12(18)4-3-5-14(15)20-16(21)11-9-10(17)6-7-13(11)19/h3-7,9H,2,8,19H2,1H3. The lowest BCUT2D eigenvalue weighted by atomic mass is 10.1. The van der Waals surface area contributed by atoms with Gasteiger partial charge in [0.05, 0.1) is 16.1 Å². The zero-order valence-electron chi connectivity index (χ0n) is 11.6. The minimum Gasteiger partial charge on any atom is -0.398 e. The smallest absolute Gasteiger partial charge is 0.143 e. The van der Waals surface area contributed by atoms with E-state index in [2.05, 4.69) is 27.4 Å². The second kappa shape index (κ2) is 5.70. The van der Waals surface area contributed by atoms with Gasteiger partial charge in [0.2, 0.25) is 0 Å². The number of halogens is 2. The molecule has 0 radical (unpaired) electrons. The molecule has 0 saturated heterocycles. The minimum atomic E-state index is 0.710. The molecule has 0 spiro atoms. The van der Waals surface area contributed by atoms with Crippen LogP contribution in [0.1, 0.15) is 13.3 Å². The van der Waals surface area contributed by atoms with Crippen molar-refractivity contribution in [2.45, 2.75) is 19.9 Å². The second-order valence-corrected chi connectivity index (χ2v) is 6.25. The number of nitrogens with two attached hydrogens (primary N) is 1. The van der Waals surface area contributed by atoms with Crippen molar-refractivity contribution in [3.05, 3.63) is 45.9 Å². The molecule has 0 unspecified atom stereocenters. The number of aryl methyl sites for hydroxylation is 1. The number of rotatable bonds is 3. The Morgan fingerprint density at radius 2 is 2.10 bits per heavy atom. The highest BCUT2D eigenvalue weighted by Crippen LogP contribution is 2.33. The van der Waals surface area contributed by atoms with E-state index in [4.69, 9.17) is 22.3 Å². The zero-order chi connectivity index (χ0) is 15.0. The fourth-order valence-electron chi connectivity index (χ4n) is 2.51. The molecule has 0 atom stereocenters. The number of aromatic nitrogens is 2. The summed E-state index contributed by atoms with van der Waals surface area (Å²) in [6, 6.07) is 11.6. The highest BCUT2D eigenvalue weighted by Gasteiger charge is 2.16. The lowest BCUT2D eigenvalue weighted by Crippen LogP contribution is -2.02. The Labute approximate surface area is 136 Å². The number of nitrogen functional groups attached to an aromatic ring is 1. The molecule has 0 aliphatic carbocycles. The van der Waals surface area contributed by atoms with Crippen LogP contribution in [0.3, 0.4) is 0 Å². The normalized spacial score (nSPS) is 11.2. The van der Waals surface area contributed by atoms with E-state index in [0.29, 0.717) is 10.7 Å². The van der Waals surface area contributed by atoms with E-state index in [-0.39, 0.29) is 0 Å². The van der Waals surface area contributed by atoms with Gasteiger partial charge in [0.15, 0.2) is 0 Å². The molecule has 1 heterocycles. The van der Waals surface area contributed by atoms with Crippen molar-refractivity contribution in [3.63, 3.8) is 0 Å². The van der Waals surface area contributed by atoms with Crippen molar-refractivity contribution in [3.8, 4) is 11.4 Å². The van der Waals surface area contributed by atoms with Crippen LogP contribution < -0.4 is 5.73 Å². The van der Waals surface area contributed by atoms with Crippen LogP contribution in [0.25, 0.3) is 22.4 Å². The number of benzene rings is 2. The molecule has 0 fully saturated rings. The lowest BCUT2D eigenvalue weighted by molar-refractivity contribution is 0.704. The van der Waals surface area contributed by atoms with Crippen molar-refractivity contribution in [2.75, 3.05) is 5.73 Å². The highest BCUT2D eigenvalue weighted by atomic mass is 79.9. The van der Waals surface area contributed by atoms with Gasteiger partial charge in [-0.25, -0.2) is 4.98 Å². The van der Waals surface area contributed by atoms with Gasteiger partial charge in [-0.15, -0.1) is 0 Å². The van der Waals surface area contributed by atoms with Crippen LogP contribution in [0.4, 0.5) is 5.69 Å². The van der Waals surface area contributed by atoms with Gasteiger partial charge in [-0.05, 0) is 36.8 Å². The summed E-state index contributed by atoms with van der Waals surface area (Å²) in [5, 5.41) is 0.716. The predicted molar refractivity (Wildman–Crippen MR) is 92.6 cm³/mol. The fourth-order valence-corrected chi connectivity index (χ4v) is 3.14. The molecule has 2 N–H and O–H groups in total. The number of fused-ring (bicyclic) bond motifs is 1. The summed E-state index contributed by atoms with van der Waals surface area (Å²) in [6.07, 6.45) is 0.998. The van der Waals surface area contributed by atoms with Crippen LogP contribution >= 0.6 is 27.5 Å². The van der Waals surface area contributed by atoms with Crippen molar-refractivity contribution >= 4 is 44.3 Å². The van der Waals surface area contributed by atoms with E-state index in [1.54, 1.807) is 0 Å². The molecule has 108 valence electrons. The molecule has 5 heteroatoms. The molecule has 3 aromatic rings. The maximum absolute atomic E-state index is 6.37. The molecule has 2 aromatic carbocycles. The average Bonchev–Trinajstić information content (AvgIpc) is 2.82. The summed E-state index contributed by atoms with van der Waals surface area (Å²) in [5.74, 6) is 0.860. The number of anilines is 1. The van der Waals surface area contributed by atoms with Crippen molar-refractivity contribution in [2.24, 2.45) is 0 Å². The number of para-hydroxylation sites is 1. The summed E-state index contributed by atoms with van der Waals surface area (Å²) in [7, 11) is 0. The third kappa shape index (κ3) is 2.54. The molecule has 1 aromatic heterocycles. The van der Waals surface area contributed by atoms with Crippen LogP contribution in [-0.2, 0) is 6.54 Å². The zero-order valence-corrected chi connectivity index (χ0v) is 13.9. The fraction of sp³-hybridized carbons (Fsp3) is 0.188. The SMILES string of the molecule is CCCn1c(-c2cc(Br)ccc2N)nc2cccc(Cl)c21. The molecule has 0 aliphatic heterocycles. The summed E-state index contributed by atoms with van der Waals surface area (Å²) >= 11 is 9.87. The summed E-state index contributed by atoms with van der Waals surface area (Å²) < 4.78 is 3.13. The van der Waals surface area contributed by atoms with Crippen LogP contribution in [0, 0.1) is 0 Å². The third-order valence-corrected chi connectivity index (χ3v) is 4.22. The maximum Gasteiger partial charge on any atom is 0.143 e. The van der Waals surface area contributed by atoms with Crippen LogP contribution in [0.2, 0.25) is 5.02 Å². The first-order valence-electron chi connectivity index (χ1n) is 6.82. The molecule has 0 aliphatic rings. The van der Waals surface area contributed by atoms with E-state index in [9.17, 15) is 0 Å². The van der Waals surface area contributed by atoms with Gasteiger partial charge in [0, 0.05) is 22.3 Å². The van der Waals surface area contributed by atoms with Crippen LogP contribution in [0.5, 0.6) is 0 Å². The molecular formula is C16H15BrClN3. The van der Waals surface area contributed by atoms with E-state index in [1.807, 2.05) is 36.4 Å². The Kier molecular flexibility index (Phi) is 3.91. The number of imidazole rings is 1. The first-order valence-corrected chi connectivity index (χ1v) is 7.99. The van der Waals surface area contributed by atoms with Gasteiger partial charge >= 0.3 is 0 Å². The van der Waals surface area contributed by atoms with Gasteiger partial charge < -0.3 is 10.3 Å². The molecule has 21 heavy (non-hydrogen) atoms. The van der Waals surface area contributed by atoms with Crippen molar-refractivity contribution in [1.29, 1.82) is 0 Å². The Balaban J connectivity index is 2.34. The van der Waals surface area contributed by atoms with Crippen LogP contribution in [0.15, 0.2) is 40.9 Å². The molecule has 0 amide bonds. The van der Waals surface area contributed by atoms with Crippen LogP contribution in [-0.4, -0.2) is 9.55 Å². The summed E-state index contributed by atoms with van der Waals surface area (Å²) in [5.41, 5.74) is 9.63. The quantitative estimate of drug-likeness (QED) is 0.656. The molecular weight excluding hydrogens is 350 g/mol. The topological polar surface area (TPSA) is 43.8 Å². The monoisotopic (exact) mass is 363 g/mol. The third-order valence-electron chi connectivity index (χ3n) is 3.42. The Morgan fingerprint density at radius 3 is 2.86 bits per heavy atom. The second-order valence-electron chi connectivity index (χ2n) is 4.93. The van der Waals surface area contributed by atoms with E-state index < -0.39 is 0 Å². The van der Waals surface area contributed by atoms with E-state index in [1.165, 1.54) is 0 Å². The Hall–Kier alpha value is -1.52. The first-order chi connectivity index (χ1) is 10.1. The molecule has 0 saturated carbocycles. The van der Waals surface area contributed by atoms with Crippen molar-refractivity contribution in [1.82, 2.24) is 9.55 Å². The largest absolute Gasteiger partial charge is 0.398 e. The first kappa shape index (κ1) is 14.4. The summed E-state index contributed by atoms with van der Waals surface area (Å²) in [4.78, 5) is 4.74. The average molecular weight is 365 g/mol. The summed E-state index contributed by atoms with van der Waals surface area (Å²) in [6.45, 7) is 2.98. The molecule has 0 bridgehead atoms. The highest BCUT2D eigenvalue weighted by molar-refractivity contribution is 9.10.